The zero-order valence-corrected chi connectivity index (χ0v) is 10.3. The first-order valence-electron chi connectivity index (χ1n) is 5.66. The summed E-state index contributed by atoms with van der Waals surface area (Å²) in [6.45, 7) is 0. The Bertz CT molecular complexity index is 449. The number of anilines is 1. The lowest BCUT2D eigenvalue weighted by Crippen LogP contribution is -2.12. The quantitative estimate of drug-likeness (QED) is 0.640. The van der Waals surface area contributed by atoms with Gasteiger partial charge in [-0.1, -0.05) is 6.07 Å². The summed E-state index contributed by atoms with van der Waals surface area (Å²) in [4.78, 5) is 28.3. The van der Waals surface area contributed by atoms with Gasteiger partial charge in [-0.05, 0) is 18.9 Å². The number of hydrogen-bond acceptors (Lipinski definition) is 5. The molecule has 1 aromatic carbocycles. The standard InChI is InChI=1S/C12H14N2O4/c1-17-12(15)9-4-3-5-10(14(16)18-2)11(9)13-8-6-7-8/h3-5,8H,6-7H2,1-2H3/p+1. The first-order valence-corrected chi connectivity index (χ1v) is 5.66. The van der Waals surface area contributed by atoms with Crippen molar-refractivity contribution in [3.05, 3.63) is 28.7 Å². The third-order valence-electron chi connectivity index (χ3n) is 2.74. The van der Waals surface area contributed by atoms with E-state index in [4.69, 9.17) is 4.74 Å². The van der Waals surface area contributed by atoms with Gasteiger partial charge < -0.3 is 10.1 Å². The first kappa shape index (κ1) is 12.3. The smallest absolute Gasteiger partial charge is 0.340 e. The molecule has 6 nitrogen and oxygen atoms in total. The zero-order chi connectivity index (χ0) is 13.1. The molecule has 6 heteroatoms. The number of esters is 1. The lowest BCUT2D eigenvalue weighted by molar-refractivity contribution is -0.736. The highest BCUT2D eigenvalue weighted by molar-refractivity contribution is 5.98. The highest BCUT2D eigenvalue weighted by atomic mass is 16.8. The third-order valence-corrected chi connectivity index (χ3v) is 2.74. The van der Waals surface area contributed by atoms with E-state index in [1.807, 2.05) is 0 Å². The average molecular weight is 251 g/mol. The fourth-order valence-corrected chi connectivity index (χ4v) is 1.65. The molecule has 0 aromatic heterocycles. The van der Waals surface area contributed by atoms with E-state index in [0.29, 0.717) is 22.2 Å². The largest absolute Gasteiger partial charge is 0.465 e. The number of carbonyl (C=O) groups is 1. The van der Waals surface area contributed by atoms with Crippen molar-refractivity contribution < 1.29 is 19.3 Å². The van der Waals surface area contributed by atoms with E-state index >= 15 is 0 Å². The fraction of sp³-hybridized carbons (Fsp3) is 0.417. The Morgan fingerprint density at radius 1 is 1.39 bits per heavy atom. The van der Waals surface area contributed by atoms with Crippen LogP contribution in [-0.2, 0) is 9.57 Å². The molecule has 0 atom stereocenters. The second-order valence-electron chi connectivity index (χ2n) is 4.05. The topological polar surface area (TPSA) is 67.6 Å². The van der Waals surface area contributed by atoms with Crippen molar-refractivity contribution >= 4 is 17.3 Å². The van der Waals surface area contributed by atoms with Crippen LogP contribution in [0.5, 0.6) is 0 Å². The first-order chi connectivity index (χ1) is 8.67. The number of para-hydroxylation sites is 1. The molecule has 1 aliphatic rings. The molecule has 0 heterocycles. The number of carbonyl (C=O) groups excluding carboxylic acids is 1. The summed E-state index contributed by atoms with van der Waals surface area (Å²) in [7, 11) is 2.58. The van der Waals surface area contributed by atoms with Gasteiger partial charge in [0.25, 0.3) is 4.92 Å². The lowest BCUT2D eigenvalue weighted by atomic mass is 10.1. The van der Waals surface area contributed by atoms with Crippen LogP contribution in [0.3, 0.4) is 0 Å². The normalized spacial score (nSPS) is 13.9. The summed E-state index contributed by atoms with van der Waals surface area (Å²) >= 11 is 0. The molecule has 1 fully saturated rings. The van der Waals surface area contributed by atoms with Crippen molar-refractivity contribution in [1.82, 2.24) is 0 Å². The number of nitrogens with one attached hydrogen (secondary N) is 1. The molecule has 0 amide bonds. The maximum absolute atomic E-state index is 11.7. The van der Waals surface area contributed by atoms with E-state index in [2.05, 4.69) is 10.2 Å². The average Bonchev–Trinajstić information content (AvgIpc) is 3.21. The third kappa shape index (κ3) is 2.42. The summed E-state index contributed by atoms with van der Waals surface area (Å²) in [6.07, 6.45) is 2.06. The zero-order valence-electron chi connectivity index (χ0n) is 10.3. The van der Waals surface area contributed by atoms with Crippen molar-refractivity contribution in [3.8, 4) is 0 Å². The molecule has 1 aromatic rings. The van der Waals surface area contributed by atoms with Gasteiger partial charge in [0.2, 0.25) is 0 Å². The fourth-order valence-electron chi connectivity index (χ4n) is 1.65. The van der Waals surface area contributed by atoms with Gasteiger partial charge in [-0.15, -0.1) is 0 Å². The Labute approximate surface area is 104 Å². The van der Waals surface area contributed by atoms with E-state index in [1.165, 1.54) is 14.2 Å². The number of rotatable bonds is 5. The van der Waals surface area contributed by atoms with Crippen LogP contribution in [0.4, 0.5) is 11.4 Å². The lowest BCUT2D eigenvalue weighted by Gasteiger charge is -2.09. The number of ether oxygens (including phenoxy) is 1. The van der Waals surface area contributed by atoms with Gasteiger partial charge in [0.1, 0.15) is 5.69 Å². The minimum Gasteiger partial charge on any atom is -0.465 e. The number of hydrogen-bond donors (Lipinski definition) is 1. The Kier molecular flexibility index (Phi) is 3.45. The number of benzene rings is 1. The predicted molar refractivity (Wildman–Crippen MR) is 64.7 cm³/mol. The SMILES string of the molecule is COC(=O)c1cccc([N+](=O)OC)c1NC1CC1. The van der Waals surface area contributed by atoms with Gasteiger partial charge in [-0.25, -0.2) is 9.63 Å². The maximum atomic E-state index is 11.7. The second-order valence-corrected chi connectivity index (χ2v) is 4.05. The highest BCUT2D eigenvalue weighted by Gasteiger charge is 2.31. The number of nitrogens with zero attached hydrogens (tertiary/aromatic N) is 1. The van der Waals surface area contributed by atoms with E-state index in [-0.39, 0.29) is 5.69 Å². The van der Waals surface area contributed by atoms with Crippen LogP contribution < -0.4 is 5.32 Å². The van der Waals surface area contributed by atoms with E-state index in [0.717, 1.165) is 12.8 Å². The minimum absolute atomic E-state index is 0.271. The highest BCUT2D eigenvalue weighted by Crippen LogP contribution is 2.34. The predicted octanol–water partition coefficient (Wildman–Crippen LogP) is 2.02. The summed E-state index contributed by atoms with van der Waals surface area (Å²) < 4.78 is 4.71. The van der Waals surface area contributed by atoms with Gasteiger partial charge in [-0.3, -0.25) is 0 Å². The van der Waals surface area contributed by atoms with Crippen LogP contribution in [-0.4, -0.2) is 31.2 Å². The van der Waals surface area contributed by atoms with Crippen LogP contribution in [0.1, 0.15) is 23.2 Å². The molecule has 1 N–H and O–H groups in total. The summed E-state index contributed by atoms with van der Waals surface area (Å²) in [5, 5.41) is 3.16. The Morgan fingerprint density at radius 3 is 2.67 bits per heavy atom. The molecule has 96 valence electrons. The molecule has 0 spiro atoms. The van der Waals surface area contributed by atoms with E-state index in [1.54, 1.807) is 18.2 Å². The van der Waals surface area contributed by atoms with Gasteiger partial charge in [0, 0.05) is 12.1 Å². The molecule has 2 rings (SSSR count). The minimum atomic E-state index is -0.482. The Balaban J connectivity index is 2.44. The second kappa shape index (κ2) is 5.03. The molecule has 0 saturated heterocycles. The van der Waals surface area contributed by atoms with Crippen LogP contribution >= 0.6 is 0 Å². The van der Waals surface area contributed by atoms with Crippen molar-refractivity contribution in [2.75, 3.05) is 19.5 Å². The maximum Gasteiger partial charge on any atom is 0.340 e. The molecule has 1 aliphatic carbocycles. The summed E-state index contributed by atoms with van der Waals surface area (Å²) in [6, 6.07) is 5.13. The van der Waals surface area contributed by atoms with Crippen LogP contribution in [0.15, 0.2) is 18.2 Å². The monoisotopic (exact) mass is 251 g/mol. The molecular formula is C12H15N2O4+. The number of methoxy groups -OCH3 is 1. The van der Waals surface area contributed by atoms with Crippen molar-refractivity contribution in [3.63, 3.8) is 0 Å². The van der Waals surface area contributed by atoms with Crippen LogP contribution in [0.25, 0.3) is 0 Å². The molecule has 0 radical (unpaired) electrons. The van der Waals surface area contributed by atoms with Gasteiger partial charge >= 0.3 is 11.7 Å². The summed E-state index contributed by atoms with van der Waals surface area (Å²) in [5.74, 6) is -0.482. The molecule has 0 unspecified atom stereocenters. The van der Waals surface area contributed by atoms with Crippen molar-refractivity contribution in [1.29, 1.82) is 0 Å². The Hall–Kier alpha value is -2.11. The molecular weight excluding hydrogens is 236 g/mol. The molecule has 18 heavy (non-hydrogen) atoms. The van der Waals surface area contributed by atoms with E-state index in [9.17, 15) is 9.70 Å². The van der Waals surface area contributed by atoms with Gasteiger partial charge in [0.15, 0.2) is 7.11 Å². The van der Waals surface area contributed by atoms with E-state index < -0.39 is 5.97 Å². The Morgan fingerprint density at radius 2 is 2.11 bits per heavy atom. The van der Waals surface area contributed by atoms with Gasteiger partial charge in [-0.2, -0.15) is 0 Å². The molecule has 1 saturated carbocycles. The molecule has 0 bridgehead atoms. The van der Waals surface area contributed by atoms with Gasteiger partial charge in [0.05, 0.1) is 17.6 Å². The van der Waals surface area contributed by atoms with Crippen LogP contribution in [0.2, 0.25) is 0 Å². The summed E-state index contributed by atoms with van der Waals surface area (Å²) in [5.41, 5.74) is 1.07. The van der Waals surface area contributed by atoms with Crippen LogP contribution in [0, 0.1) is 4.91 Å². The van der Waals surface area contributed by atoms with Crippen molar-refractivity contribution in [2.45, 2.75) is 18.9 Å². The molecule has 0 aliphatic heterocycles. The van der Waals surface area contributed by atoms with Crippen molar-refractivity contribution in [2.24, 2.45) is 0 Å².